The van der Waals surface area contributed by atoms with Crippen molar-refractivity contribution < 1.29 is 19.4 Å². The lowest BCUT2D eigenvalue weighted by Gasteiger charge is -2.36. The van der Waals surface area contributed by atoms with E-state index in [0.29, 0.717) is 25.9 Å². The van der Waals surface area contributed by atoms with E-state index < -0.39 is 17.2 Å². The maximum Gasteiger partial charge on any atom is 0.408 e. The van der Waals surface area contributed by atoms with Crippen molar-refractivity contribution in [1.29, 1.82) is 0 Å². The molecule has 1 fully saturated rings. The molecule has 0 bridgehead atoms. The average molecular weight is 286 g/mol. The van der Waals surface area contributed by atoms with Crippen molar-refractivity contribution in [3.05, 3.63) is 0 Å². The minimum absolute atomic E-state index is 0.157. The van der Waals surface area contributed by atoms with Gasteiger partial charge in [0, 0.05) is 13.1 Å². The van der Waals surface area contributed by atoms with Crippen molar-refractivity contribution in [1.82, 2.24) is 10.2 Å². The number of hydrogen-bond donors (Lipinski definition) is 2. The average Bonchev–Trinajstić information content (AvgIpc) is 2.25. The maximum atomic E-state index is 12.4. The van der Waals surface area contributed by atoms with Gasteiger partial charge in [0.1, 0.15) is 11.1 Å². The highest BCUT2D eigenvalue weighted by atomic mass is 16.6. The summed E-state index contributed by atoms with van der Waals surface area (Å²) in [7, 11) is 0. The van der Waals surface area contributed by atoms with Gasteiger partial charge in [-0.15, -0.1) is 0 Å². The van der Waals surface area contributed by atoms with E-state index in [1.807, 2.05) is 0 Å². The van der Waals surface area contributed by atoms with Crippen molar-refractivity contribution in [2.45, 2.75) is 64.7 Å². The fourth-order valence-electron chi connectivity index (χ4n) is 2.08. The van der Waals surface area contributed by atoms with Gasteiger partial charge in [-0.25, -0.2) is 4.79 Å². The second-order valence-corrected chi connectivity index (χ2v) is 6.78. The van der Waals surface area contributed by atoms with Crippen molar-refractivity contribution in [3.8, 4) is 0 Å². The molecule has 1 heterocycles. The summed E-state index contributed by atoms with van der Waals surface area (Å²) in [6.07, 6.45) is 0.219. The zero-order valence-corrected chi connectivity index (χ0v) is 13.0. The fourth-order valence-corrected chi connectivity index (χ4v) is 2.08. The monoisotopic (exact) mass is 286 g/mol. The number of ether oxygens (including phenoxy) is 1. The van der Waals surface area contributed by atoms with Gasteiger partial charge < -0.3 is 20.1 Å². The minimum Gasteiger partial charge on any atom is -0.444 e. The molecule has 2 N–H and O–H groups in total. The number of carbonyl (C=O) groups excluding carboxylic acids is 2. The zero-order valence-electron chi connectivity index (χ0n) is 13.0. The summed E-state index contributed by atoms with van der Waals surface area (Å²) in [6, 6.07) is 0. The Bertz CT molecular complexity index is 366. The van der Waals surface area contributed by atoms with Gasteiger partial charge in [-0.3, -0.25) is 4.79 Å². The first-order valence-corrected chi connectivity index (χ1v) is 7.00. The molecule has 0 aromatic carbocycles. The van der Waals surface area contributed by atoms with E-state index in [4.69, 9.17) is 4.74 Å². The van der Waals surface area contributed by atoms with Crippen molar-refractivity contribution in [2.75, 3.05) is 13.1 Å². The number of aliphatic hydroxyl groups is 1. The summed E-state index contributed by atoms with van der Waals surface area (Å²) < 4.78 is 5.17. The molecule has 0 unspecified atom stereocenters. The standard InChI is InChI=1S/C14H26N2O4/c1-13(2,3)20-12(19)15-14(4,5)11(18)16-8-6-10(17)7-9-16/h10,17H,6-9H2,1-5H3,(H,15,19). The summed E-state index contributed by atoms with van der Waals surface area (Å²) >= 11 is 0. The summed E-state index contributed by atoms with van der Waals surface area (Å²) in [5, 5.41) is 12.1. The molecule has 0 radical (unpaired) electrons. The molecule has 6 nitrogen and oxygen atoms in total. The molecular formula is C14H26N2O4. The van der Waals surface area contributed by atoms with Crippen molar-refractivity contribution in [3.63, 3.8) is 0 Å². The number of rotatable bonds is 2. The van der Waals surface area contributed by atoms with Crippen molar-refractivity contribution >= 4 is 12.0 Å². The summed E-state index contributed by atoms with van der Waals surface area (Å²) in [5.74, 6) is -0.157. The largest absolute Gasteiger partial charge is 0.444 e. The zero-order chi connectivity index (χ0) is 15.6. The highest BCUT2D eigenvalue weighted by Crippen LogP contribution is 2.16. The van der Waals surface area contributed by atoms with E-state index in [2.05, 4.69) is 5.32 Å². The van der Waals surface area contributed by atoms with Gasteiger partial charge in [0.2, 0.25) is 5.91 Å². The summed E-state index contributed by atoms with van der Waals surface area (Å²) in [6.45, 7) is 9.65. The van der Waals surface area contributed by atoms with Gasteiger partial charge in [-0.05, 0) is 47.5 Å². The normalized spacial score (nSPS) is 17.8. The Morgan fingerprint density at radius 1 is 1.15 bits per heavy atom. The minimum atomic E-state index is -1.02. The molecular weight excluding hydrogens is 260 g/mol. The molecule has 0 aliphatic carbocycles. The van der Waals surface area contributed by atoms with Crippen LogP contribution >= 0.6 is 0 Å². The van der Waals surface area contributed by atoms with E-state index in [9.17, 15) is 14.7 Å². The molecule has 1 rings (SSSR count). The van der Waals surface area contributed by atoms with Gasteiger partial charge in [-0.2, -0.15) is 0 Å². The van der Waals surface area contributed by atoms with E-state index >= 15 is 0 Å². The molecule has 0 aromatic rings. The van der Waals surface area contributed by atoms with Gasteiger partial charge in [0.15, 0.2) is 0 Å². The number of likely N-dealkylation sites (tertiary alicyclic amines) is 1. The lowest BCUT2D eigenvalue weighted by molar-refractivity contribution is -0.139. The Morgan fingerprint density at radius 2 is 1.65 bits per heavy atom. The second-order valence-electron chi connectivity index (χ2n) is 6.78. The van der Waals surface area contributed by atoms with Crippen molar-refractivity contribution in [2.24, 2.45) is 0 Å². The number of hydrogen-bond acceptors (Lipinski definition) is 4. The van der Waals surface area contributed by atoms with Crippen LogP contribution in [0.3, 0.4) is 0 Å². The highest BCUT2D eigenvalue weighted by molar-refractivity contribution is 5.89. The van der Waals surface area contributed by atoms with Crippen LogP contribution in [-0.4, -0.2) is 52.3 Å². The maximum absolute atomic E-state index is 12.4. The van der Waals surface area contributed by atoms with E-state index in [1.54, 1.807) is 39.5 Å². The second kappa shape index (κ2) is 5.99. The first kappa shape index (κ1) is 16.8. The smallest absolute Gasteiger partial charge is 0.408 e. The fraction of sp³-hybridized carbons (Fsp3) is 0.857. The predicted molar refractivity (Wildman–Crippen MR) is 75.3 cm³/mol. The van der Waals surface area contributed by atoms with Crippen LogP contribution in [0.25, 0.3) is 0 Å². The topological polar surface area (TPSA) is 78.9 Å². The molecule has 0 atom stereocenters. The molecule has 20 heavy (non-hydrogen) atoms. The Balaban J connectivity index is 2.59. The molecule has 0 aromatic heterocycles. The molecule has 0 spiro atoms. The number of amides is 2. The number of nitrogens with one attached hydrogen (secondary N) is 1. The molecule has 2 amide bonds. The summed E-state index contributed by atoms with van der Waals surface area (Å²) in [4.78, 5) is 25.8. The van der Waals surface area contributed by atoms with E-state index in [1.165, 1.54) is 0 Å². The SMILES string of the molecule is CC(C)(C)OC(=O)NC(C)(C)C(=O)N1CCC(O)CC1. The van der Waals surface area contributed by atoms with Crippen LogP contribution in [0.2, 0.25) is 0 Å². The lowest BCUT2D eigenvalue weighted by Crippen LogP contribution is -2.58. The van der Waals surface area contributed by atoms with E-state index in [-0.39, 0.29) is 12.0 Å². The Hall–Kier alpha value is -1.30. The van der Waals surface area contributed by atoms with Crippen LogP contribution in [0.1, 0.15) is 47.5 Å². The number of aliphatic hydroxyl groups excluding tert-OH is 1. The third-order valence-electron chi connectivity index (χ3n) is 3.10. The third kappa shape index (κ3) is 5.00. The molecule has 6 heteroatoms. The van der Waals surface area contributed by atoms with Crippen LogP contribution in [0.4, 0.5) is 4.79 Å². The molecule has 116 valence electrons. The molecule has 0 saturated carbocycles. The van der Waals surface area contributed by atoms with Gasteiger partial charge in [0.05, 0.1) is 6.10 Å². The molecule has 1 aliphatic heterocycles. The Kier molecular flexibility index (Phi) is 5.02. The van der Waals surface area contributed by atoms with Gasteiger partial charge in [-0.1, -0.05) is 0 Å². The summed E-state index contributed by atoms with van der Waals surface area (Å²) in [5.41, 5.74) is -1.62. The van der Waals surface area contributed by atoms with Gasteiger partial charge in [0.25, 0.3) is 0 Å². The number of piperidine rings is 1. The third-order valence-corrected chi connectivity index (χ3v) is 3.10. The van der Waals surface area contributed by atoms with Crippen LogP contribution in [0.15, 0.2) is 0 Å². The highest BCUT2D eigenvalue weighted by Gasteiger charge is 2.36. The first-order valence-electron chi connectivity index (χ1n) is 7.00. The number of nitrogens with zero attached hydrogens (tertiary/aromatic N) is 1. The molecule has 1 aliphatic rings. The van der Waals surface area contributed by atoms with Crippen LogP contribution in [0, 0.1) is 0 Å². The quantitative estimate of drug-likeness (QED) is 0.801. The number of carbonyl (C=O) groups is 2. The Morgan fingerprint density at radius 3 is 2.10 bits per heavy atom. The molecule has 1 saturated heterocycles. The lowest BCUT2D eigenvalue weighted by atomic mass is 10.0. The number of alkyl carbamates (subject to hydrolysis) is 1. The van der Waals surface area contributed by atoms with E-state index in [0.717, 1.165) is 0 Å². The van der Waals surface area contributed by atoms with Gasteiger partial charge >= 0.3 is 6.09 Å². The Labute approximate surface area is 120 Å². The van der Waals surface area contributed by atoms with Crippen LogP contribution in [-0.2, 0) is 9.53 Å². The van der Waals surface area contributed by atoms with Crippen LogP contribution in [0.5, 0.6) is 0 Å². The first-order chi connectivity index (χ1) is 9.01. The predicted octanol–water partition coefficient (Wildman–Crippen LogP) is 1.27. The van der Waals surface area contributed by atoms with Crippen LogP contribution < -0.4 is 5.32 Å².